The second-order valence-corrected chi connectivity index (χ2v) is 8.03. The third-order valence-electron chi connectivity index (χ3n) is 3.51. The molecule has 0 saturated heterocycles. The third-order valence-corrected chi connectivity index (χ3v) is 5.18. The van der Waals surface area contributed by atoms with Gasteiger partial charge in [-0.3, -0.25) is 14.4 Å². The van der Waals surface area contributed by atoms with E-state index in [0.29, 0.717) is 11.4 Å². The van der Waals surface area contributed by atoms with Gasteiger partial charge in [-0.05, 0) is 55.5 Å². The Morgan fingerprint density at radius 3 is 2.11 bits per heavy atom. The monoisotopic (exact) mass is 467 g/mol. The summed E-state index contributed by atoms with van der Waals surface area (Å²) in [7, 11) is 0. The second-order valence-electron chi connectivity index (χ2n) is 5.78. The number of rotatable bonds is 8. The number of carbonyl (C=O) groups excluding carboxylic acids is 3. The van der Waals surface area contributed by atoms with Crippen molar-refractivity contribution in [1.29, 1.82) is 0 Å². The first-order valence-electron chi connectivity index (χ1n) is 8.33. The minimum Gasteiger partial charge on any atom is -0.346 e. The maximum atomic E-state index is 12.8. The summed E-state index contributed by atoms with van der Waals surface area (Å²) in [6.07, 6.45) is 0. The zero-order valence-electron chi connectivity index (χ0n) is 15.0. The number of nitrogens with one attached hydrogen (secondary N) is 3. The van der Waals surface area contributed by atoms with Crippen molar-refractivity contribution in [3.8, 4) is 0 Å². The van der Waals surface area contributed by atoms with Gasteiger partial charge in [0.05, 0.1) is 17.5 Å². The van der Waals surface area contributed by atoms with Gasteiger partial charge in [-0.1, -0.05) is 15.9 Å². The van der Waals surface area contributed by atoms with Crippen LogP contribution in [0.15, 0.2) is 53.0 Å². The summed E-state index contributed by atoms with van der Waals surface area (Å²) in [6, 6.07) is 12.5. The van der Waals surface area contributed by atoms with Crippen LogP contribution in [0.3, 0.4) is 0 Å². The van der Waals surface area contributed by atoms with Crippen LogP contribution in [0.25, 0.3) is 0 Å². The van der Waals surface area contributed by atoms with Crippen molar-refractivity contribution in [3.63, 3.8) is 0 Å². The fourth-order valence-electron chi connectivity index (χ4n) is 2.06. The molecule has 0 aliphatic heterocycles. The number of carbonyl (C=O) groups is 3. The van der Waals surface area contributed by atoms with Crippen LogP contribution in [0.2, 0.25) is 0 Å². The Morgan fingerprint density at radius 1 is 0.964 bits per heavy atom. The minimum absolute atomic E-state index is 0.0526. The van der Waals surface area contributed by atoms with E-state index in [1.807, 2.05) is 0 Å². The summed E-state index contributed by atoms with van der Waals surface area (Å²) in [5.74, 6) is -1.32. The van der Waals surface area contributed by atoms with Crippen LogP contribution < -0.4 is 16.0 Å². The summed E-state index contributed by atoms with van der Waals surface area (Å²) in [4.78, 5) is 35.8. The van der Waals surface area contributed by atoms with E-state index in [1.165, 1.54) is 24.3 Å². The van der Waals surface area contributed by atoms with E-state index in [4.69, 9.17) is 0 Å². The molecule has 0 spiro atoms. The summed E-state index contributed by atoms with van der Waals surface area (Å²) in [6.45, 7) is 1.49. The van der Waals surface area contributed by atoms with E-state index < -0.39 is 5.25 Å². The van der Waals surface area contributed by atoms with Gasteiger partial charge >= 0.3 is 0 Å². The van der Waals surface area contributed by atoms with Crippen molar-refractivity contribution in [2.45, 2.75) is 12.2 Å². The summed E-state index contributed by atoms with van der Waals surface area (Å²) < 4.78 is 13.7. The Kier molecular flexibility index (Phi) is 8.46. The molecule has 148 valence electrons. The molecule has 3 amide bonds. The van der Waals surface area contributed by atoms with Gasteiger partial charge in [0, 0.05) is 15.8 Å². The third kappa shape index (κ3) is 7.69. The Hall–Kier alpha value is -2.39. The largest absolute Gasteiger partial charge is 0.346 e. The number of benzene rings is 2. The first kappa shape index (κ1) is 21.9. The molecule has 0 aliphatic carbocycles. The van der Waals surface area contributed by atoms with Crippen LogP contribution in [0, 0.1) is 5.82 Å². The topological polar surface area (TPSA) is 87.3 Å². The molecule has 0 bridgehead atoms. The molecular weight excluding hydrogens is 449 g/mol. The van der Waals surface area contributed by atoms with Crippen LogP contribution in [0.4, 0.5) is 15.8 Å². The average Bonchev–Trinajstić information content (AvgIpc) is 2.67. The number of hydrogen-bond donors (Lipinski definition) is 3. The van der Waals surface area contributed by atoms with Gasteiger partial charge in [0.1, 0.15) is 5.82 Å². The van der Waals surface area contributed by atoms with Gasteiger partial charge in [0.2, 0.25) is 17.7 Å². The number of hydrogen-bond acceptors (Lipinski definition) is 4. The Bertz CT molecular complexity index is 831. The number of anilines is 2. The van der Waals surface area contributed by atoms with E-state index in [1.54, 1.807) is 31.2 Å². The van der Waals surface area contributed by atoms with Gasteiger partial charge in [-0.15, -0.1) is 11.8 Å². The predicted octanol–water partition coefficient (Wildman–Crippen LogP) is 3.40. The lowest BCUT2D eigenvalue weighted by Gasteiger charge is -2.12. The molecular formula is C19H19BrFN3O3S. The number of halogens is 2. The van der Waals surface area contributed by atoms with Gasteiger partial charge in [-0.2, -0.15) is 0 Å². The maximum absolute atomic E-state index is 12.8. The quantitative estimate of drug-likeness (QED) is 0.555. The predicted molar refractivity (Wildman–Crippen MR) is 113 cm³/mol. The van der Waals surface area contributed by atoms with Crippen molar-refractivity contribution in [3.05, 3.63) is 58.8 Å². The highest BCUT2D eigenvalue weighted by atomic mass is 79.9. The van der Waals surface area contributed by atoms with Crippen molar-refractivity contribution in [2.75, 3.05) is 22.9 Å². The lowest BCUT2D eigenvalue weighted by atomic mass is 10.3. The Morgan fingerprint density at radius 2 is 1.50 bits per heavy atom. The maximum Gasteiger partial charge on any atom is 0.243 e. The molecule has 9 heteroatoms. The standard InChI is InChI=1S/C19H19BrFN3O3S/c1-12(28-11-18(26)24-16-8-4-14(21)5-9-16)19(27)22-10-17(25)23-15-6-2-13(20)3-7-15/h2-9,12H,10-11H2,1H3,(H,22,27)(H,23,25)(H,24,26). The molecule has 2 rings (SSSR count). The molecule has 1 unspecified atom stereocenters. The zero-order valence-corrected chi connectivity index (χ0v) is 17.4. The second kappa shape index (κ2) is 10.8. The van der Waals surface area contributed by atoms with E-state index in [0.717, 1.165) is 16.2 Å². The molecule has 28 heavy (non-hydrogen) atoms. The minimum atomic E-state index is -0.514. The van der Waals surface area contributed by atoms with Crippen LogP contribution in [-0.4, -0.2) is 35.3 Å². The average molecular weight is 468 g/mol. The van der Waals surface area contributed by atoms with E-state index >= 15 is 0 Å². The van der Waals surface area contributed by atoms with Gasteiger partial charge in [0.15, 0.2) is 0 Å². The first-order valence-corrected chi connectivity index (χ1v) is 10.2. The normalized spacial score (nSPS) is 11.4. The van der Waals surface area contributed by atoms with Crippen molar-refractivity contribution < 1.29 is 18.8 Å². The molecule has 0 aliphatic rings. The van der Waals surface area contributed by atoms with E-state index in [-0.39, 0.29) is 35.8 Å². The molecule has 2 aromatic carbocycles. The van der Waals surface area contributed by atoms with Crippen molar-refractivity contribution in [1.82, 2.24) is 5.32 Å². The Labute approximate surface area is 174 Å². The summed E-state index contributed by atoms with van der Waals surface area (Å²) >= 11 is 4.45. The molecule has 0 heterocycles. The lowest BCUT2D eigenvalue weighted by Crippen LogP contribution is -2.37. The van der Waals surface area contributed by atoms with E-state index in [9.17, 15) is 18.8 Å². The fraction of sp³-hybridized carbons (Fsp3) is 0.211. The molecule has 2 aromatic rings. The van der Waals surface area contributed by atoms with Crippen LogP contribution in [-0.2, 0) is 14.4 Å². The number of thioether (sulfide) groups is 1. The highest BCUT2D eigenvalue weighted by Crippen LogP contribution is 2.14. The zero-order chi connectivity index (χ0) is 20.5. The molecule has 3 N–H and O–H groups in total. The van der Waals surface area contributed by atoms with Crippen molar-refractivity contribution in [2.24, 2.45) is 0 Å². The van der Waals surface area contributed by atoms with Crippen LogP contribution >= 0.6 is 27.7 Å². The highest BCUT2D eigenvalue weighted by molar-refractivity contribution is 9.10. The lowest BCUT2D eigenvalue weighted by molar-refractivity contribution is -0.123. The van der Waals surface area contributed by atoms with E-state index in [2.05, 4.69) is 31.9 Å². The highest BCUT2D eigenvalue weighted by Gasteiger charge is 2.16. The fourth-order valence-corrected chi connectivity index (χ4v) is 3.03. The summed E-state index contributed by atoms with van der Waals surface area (Å²) in [5.41, 5.74) is 1.11. The molecule has 0 aromatic heterocycles. The van der Waals surface area contributed by atoms with Gasteiger partial charge in [0.25, 0.3) is 0 Å². The van der Waals surface area contributed by atoms with Gasteiger partial charge in [-0.25, -0.2) is 4.39 Å². The van der Waals surface area contributed by atoms with Crippen molar-refractivity contribution >= 4 is 56.8 Å². The SMILES string of the molecule is CC(SCC(=O)Nc1ccc(F)cc1)C(=O)NCC(=O)Nc1ccc(Br)cc1. The summed E-state index contributed by atoms with van der Waals surface area (Å²) in [5, 5.41) is 7.32. The Balaban J connectivity index is 1.68. The molecule has 6 nitrogen and oxygen atoms in total. The molecule has 1 atom stereocenters. The molecule has 0 radical (unpaired) electrons. The van der Waals surface area contributed by atoms with Crippen LogP contribution in [0.1, 0.15) is 6.92 Å². The number of amides is 3. The van der Waals surface area contributed by atoms with Gasteiger partial charge < -0.3 is 16.0 Å². The first-order chi connectivity index (χ1) is 13.3. The van der Waals surface area contributed by atoms with Crippen LogP contribution in [0.5, 0.6) is 0 Å². The molecule has 0 saturated carbocycles. The smallest absolute Gasteiger partial charge is 0.243 e. The molecule has 0 fully saturated rings.